The predicted octanol–water partition coefficient (Wildman–Crippen LogP) is 2.67. The molecule has 4 nitrogen and oxygen atoms in total. The zero-order chi connectivity index (χ0) is 15.7. The Morgan fingerprint density at radius 2 is 1.73 bits per heavy atom. The molecule has 0 radical (unpaired) electrons. The fourth-order valence-corrected chi connectivity index (χ4v) is 3.21. The zero-order valence-corrected chi connectivity index (χ0v) is 13.3. The first kappa shape index (κ1) is 15.3. The Kier molecular flexibility index (Phi) is 4.39. The van der Waals surface area contributed by atoms with Crippen LogP contribution < -0.4 is 10.1 Å². The van der Waals surface area contributed by atoms with Gasteiger partial charge in [-0.1, -0.05) is 12.1 Å². The van der Waals surface area contributed by atoms with Crippen molar-refractivity contribution < 1.29 is 14.6 Å². The van der Waals surface area contributed by atoms with Crippen LogP contribution in [0.3, 0.4) is 0 Å². The predicted molar refractivity (Wildman–Crippen MR) is 84.5 cm³/mol. The van der Waals surface area contributed by atoms with Crippen LogP contribution in [0.1, 0.15) is 44.3 Å². The molecule has 2 atom stereocenters. The van der Waals surface area contributed by atoms with E-state index in [9.17, 15) is 9.90 Å². The number of nitrogens with one attached hydrogen (secondary N) is 1. The first-order valence-electron chi connectivity index (χ1n) is 8.22. The van der Waals surface area contributed by atoms with Crippen LogP contribution in [-0.4, -0.2) is 24.2 Å². The molecule has 0 spiro atoms. The molecule has 3 rings (SSSR count). The highest BCUT2D eigenvalue weighted by atomic mass is 16.5. The maximum Gasteiger partial charge on any atom is 0.223 e. The molecule has 4 heteroatoms. The summed E-state index contributed by atoms with van der Waals surface area (Å²) in [5, 5.41) is 13.5. The van der Waals surface area contributed by atoms with Crippen molar-refractivity contribution in [2.75, 3.05) is 7.11 Å². The average Bonchev–Trinajstić information content (AvgIpc) is 3.41. The number of rotatable bonds is 7. The Morgan fingerprint density at radius 1 is 1.18 bits per heavy atom. The third kappa shape index (κ3) is 3.43. The molecule has 22 heavy (non-hydrogen) atoms. The normalized spacial score (nSPS) is 20.5. The third-order valence-electron chi connectivity index (χ3n) is 4.86. The van der Waals surface area contributed by atoms with Crippen LogP contribution in [0.2, 0.25) is 0 Å². The van der Waals surface area contributed by atoms with Crippen molar-refractivity contribution in [2.45, 2.75) is 44.8 Å². The van der Waals surface area contributed by atoms with Gasteiger partial charge in [0.1, 0.15) is 5.75 Å². The number of amides is 1. The monoisotopic (exact) mass is 303 g/mol. The van der Waals surface area contributed by atoms with Crippen molar-refractivity contribution in [1.29, 1.82) is 0 Å². The van der Waals surface area contributed by atoms with Gasteiger partial charge in [0.25, 0.3) is 0 Å². The van der Waals surface area contributed by atoms with E-state index in [2.05, 4.69) is 5.32 Å². The van der Waals surface area contributed by atoms with Crippen molar-refractivity contribution in [3.8, 4) is 5.75 Å². The van der Waals surface area contributed by atoms with E-state index in [1.165, 1.54) is 25.7 Å². The zero-order valence-electron chi connectivity index (χ0n) is 13.3. The number of methoxy groups -OCH3 is 1. The lowest BCUT2D eigenvalue weighted by molar-refractivity contribution is -0.127. The van der Waals surface area contributed by atoms with Gasteiger partial charge in [-0.2, -0.15) is 0 Å². The highest BCUT2D eigenvalue weighted by molar-refractivity contribution is 5.80. The summed E-state index contributed by atoms with van der Waals surface area (Å²) in [4.78, 5) is 12.5. The maximum absolute atomic E-state index is 12.5. The summed E-state index contributed by atoms with van der Waals surface area (Å²) in [6.45, 7) is 1.86. The molecule has 1 aromatic rings. The van der Waals surface area contributed by atoms with Gasteiger partial charge < -0.3 is 15.2 Å². The third-order valence-corrected chi connectivity index (χ3v) is 4.86. The average molecular weight is 303 g/mol. The van der Waals surface area contributed by atoms with Gasteiger partial charge in [0.15, 0.2) is 0 Å². The molecular formula is C18H25NO3. The Morgan fingerprint density at radius 3 is 2.18 bits per heavy atom. The molecule has 2 aliphatic carbocycles. The molecule has 2 saturated carbocycles. The summed E-state index contributed by atoms with van der Waals surface area (Å²) in [5.41, 5.74) is 0.794. The van der Waals surface area contributed by atoms with Crippen molar-refractivity contribution in [1.82, 2.24) is 5.32 Å². The lowest BCUT2D eigenvalue weighted by Crippen LogP contribution is -2.41. The van der Waals surface area contributed by atoms with E-state index in [4.69, 9.17) is 4.74 Å². The second kappa shape index (κ2) is 6.29. The molecule has 0 aromatic heterocycles. The molecule has 0 aliphatic heterocycles. The number of carbonyl (C=O) groups is 1. The molecule has 2 aliphatic rings. The van der Waals surface area contributed by atoms with Crippen LogP contribution >= 0.6 is 0 Å². The van der Waals surface area contributed by atoms with Gasteiger partial charge >= 0.3 is 0 Å². The highest BCUT2D eigenvalue weighted by Crippen LogP contribution is 2.49. The van der Waals surface area contributed by atoms with Crippen LogP contribution in [0.15, 0.2) is 24.3 Å². The number of aliphatic hydroxyl groups is 1. The molecule has 1 amide bonds. The lowest BCUT2D eigenvalue weighted by atomic mass is 9.95. The second-order valence-corrected chi connectivity index (χ2v) is 6.72. The van der Waals surface area contributed by atoms with Gasteiger partial charge in [0, 0.05) is 5.92 Å². The molecular weight excluding hydrogens is 278 g/mol. The molecule has 1 aromatic carbocycles. The van der Waals surface area contributed by atoms with Crippen LogP contribution in [0, 0.1) is 17.8 Å². The smallest absolute Gasteiger partial charge is 0.223 e. The quantitative estimate of drug-likeness (QED) is 0.814. The molecule has 0 heterocycles. The summed E-state index contributed by atoms with van der Waals surface area (Å²) in [7, 11) is 1.62. The van der Waals surface area contributed by atoms with Gasteiger partial charge in [-0.25, -0.2) is 0 Å². The number of hydrogen-bond acceptors (Lipinski definition) is 3. The van der Waals surface area contributed by atoms with Gasteiger partial charge in [0.2, 0.25) is 5.91 Å². The topological polar surface area (TPSA) is 58.6 Å². The Labute approximate surface area is 131 Å². The minimum Gasteiger partial charge on any atom is -0.497 e. The van der Waals surface area contributed by atoms with Crippen LogP contribution in [0.4, 0.5) is 0 Å². The number of ether oxygens (including phenoxy) is 1. The summed E-state index contributed by atoms with van der Waals surface area (Å²) in [6, 6.07) is 7.03. The fourth-order valence-electron chi connectivity index (χ4n) is 3.21. The summed E-state index contributed by atoms with van der Waals surface area (Å²) < 4.78 is 5.12. The molecule has 120 valence electrons. The number of hydrogen-bond donors (Lipinski definition) is 2. The molecule has 0 bridgehead atoms. The van der Waals surface area contributed by atoms with E-state index < -0.39 is 6.10 Å². The largest absolute Gasteiger partial charge is 0.497 e. The highest BCUT2D eigenvalue weighted by Gasteiger charge is 2.45. The van der Waals surface area contributed by atoms with E-state index in [0.29, 0.717) is 11.8 Å². The van der Waals surface area contributed by atoms with Crippen molar-refractivity contribution in [3.63, 3.8) is 0 Å². The van der Waals surface area contributed by atoms with E-state index in [1.54, 1.807) is 7.11 Å². The van der Waals surface area contributed by atoms with Crippen molar-refractivity contribution in [3.05, 3.63) is 29.8 Å². The van der Waals surface area contributed by atoms with Crippen molar-refractivity contribution >= 4 is 5.91 Å². The Hall–Kier alpha value is -1.55. The standard InChI is InChI=1S/C18H25NO3/c1-11(17(20)14-7-9-15(22-2)10-8-14)19-18(21)16(12-3-4-12)13-5-6-13/h7-13,16-17,20H,3-6H2,1-2H3,(H,19,21). The van der Waals surface area contributed by atoms with E-state index in [1.807, 2.05) is 31.2 Å². The van der Waals surface area contributed by atoms with Crippen LogP contribution in [0.5, 0.6) is 5.75 Å². The lowest BCUT2D eigenvalue weighted by Gasteiger charge is -2.24. The minimum absolute atomic E-state index is 0.130. The molecule has 2 N–H and O–H groups in total. The van der Waals surface area contributed by atoms with Gasteiger partial charge in [-0.15, -0.1) is 0 Å². The minimum atomic E-state index is -0.700. The first-order chi connectivity index (χ1) is 10.6. The number of benzene rings is 1. The number of carbonyl (C=O) groups excluding carboxylic acids is 1. The van der Waals surface area contributed by atoms with Crippen molar-refractivity contribution in [2.24, 2.45) is 17.8 Å². The second-order valence-electron chi connectivity index (χ2n) is 6.72. The van der Waals surface area contributed by atoms with Gasteiger partial charge in [0.05, 0.1) is 19.3 Å². The van der Waals surface area contributed by atoms with E-state index >= 15 is 0 Å². The van der Waals surface area contributed by atoms with Crippen LogP contribution in [0.25, 0.3) is 0 Å². The number of aliphatic hydroxyl groups excluding tert-OH is 1. The summed E-state index contributed by atoms with van der Waals surface area (Å²) in [5.74, 6) is 2.22. The maximum atomic E-state index is 12.5. The fraction of sp³-hybridized carbons (Fsp3) is 0.611. The summed E-state index contributed by atoms with van der Waals surface area (Å²) >= 11 is 0. The Bertz CT molecular complexity index is 508. The first-order valence-corrected chi connectivity index (χ1v) is 8.22. The van der Waals surface area contributed by atoms with Gasteiger partial charge in [-0.05, 0) is 62.1 Å². The van der Waals surface area contributed by atoms with Gasteiger partial charge in [-0.3, -0.25) is 4.79 Å². The van der Waals surface area contributed by atoms with E-state index in [-0.39, 0.29) is 17.9 Å². The Balaban J connectivity index is 1.59. The molecule has 2 fully saturated rings. The van der Waals surface area contributed by atoms with Crippen LogP contribution in [-0.2, 0) is 4.79 Å². The molecule has 0 saturated heterocycles. The molecule has 2 unspecified atom stereocenters. The van der Waals surface area contributed by atoms with E-state index in [0.717, 1.165) is 11.3 Å². The SMILES string of the molecule is COc1ccc(C(O)C(C)NC(=O)C(C2CC2)C2CC2)cc1. The summed E-state index contributed by atoms with van der Waals surface area (Å²) in [6.07, 6.45) is 4.04.